The molecule has 0 radical (unpaired) electrons. The zero-order valence-corrected chi connectivity index (χ0v) is 15.7. The van der Waals surface area contributed by atoms with E-state index in [4.69, 9.17) is 4.52 Å². The number of rotatable bonds is 4. The third kappa shape index (κ3) is 3.83. The summed E-state index contributed by atoms with van der Waals surface area (Å²) in [7, 11) is 1.66. The van der Waals surface area contributed by atoms with Gasteiger partial charge in [0.1, 0.15) is 0 Å². The molecule has 3 aromatic heterocycles. The fourth-order valence-corrected chi connectivity index (χ4v) is 3.64. The van der Waals surface area contributed by atoms with Crippen LogP contribution in [0.15, 0.2) is 45.2 Å². The Kier molecular flexibility index (Phi) is 4.87. The van der Waals surface area contributed by atoms with Gasteiger partial charge in [-0.1, -0.05) is 11.2 Å². The van der Waals surface area contributed by atoms with Crippen molar-refractivity contribution in [3.8, 4) is 10.7 Å². The first-order valence-corrected chi connectivity index (χ1v) is 9.53. The van der Waals surface area contributed by atoms with Gasteiger partial charge in [0.2, 0.25) is 11.7 Å². The molecule has 1 saturated heterocycles. The van der Waals surface area contributed by atoms with Crippen LogP contribution in [-0.2, 0) is 13.6 Å². The maximum Gasteiger partial charge on any atom is 0.254 e. The summed E-state index contributed by atoms with van der Waals surface area (Å²) in [6.45, 7) is 3.19. The first-order chi connectivity index (χ1) is 13.1. The van der Waals surface area contributed by atoms with Gasteiger partial charge in [-0.05, 0) is 17.5 Å². The molecule has 0 saturated carbocycles. The first kappa shape index (κ1) is 17.6. The highest BCUT2D eigenvalue weighted by molar-refractivity contribution is 7.13. The van der Waals surface area contributed by atoms with Crippen LogP contribution >= 0.6 is 11.3 Å². The van der Waals surface area contributed by atoms with Gasteiger partial charge in [0, 0.05) is 51.1 Å². The Labute approximate surface area is 159 Å². The Morgan fingerprint density at radius 3 is 2.78 bits per heavy atom. The molecule has 1 fully saturated rings. The van der Waals surface area contributed by atoms with Crippen LogP contribution in [0.25, 0.3) is 10.7 Å². The third-order valence-corrected chi connectivity index (χ3v) is 5.45. The Bertz CT molecular complexity index is 987. The SMILES string of the molecule is Cn1ccc(C(=O)N2CCN(Cc3nc(-c4cccs4)no3)CC2)cc1=O. The molecule has 1 aliphatic heterocycles. The van der Waals surface area contributed by atoms with Gasteiger partial charge in [0.15, 0.2) is 0 Å². The lowest BCUT2D eigenvalue weighted by Crippen LogP contribution is -2.48. The maximum absolute atomic E-state index is 12.6. The van der Waals surface area contributed by atoms with E-state index in [0.717, 1.165) is 4.88 Å². The summed E-state index contributed by atoms with van der Waals surface area (Å²) in [5.41, 5.74) is 0.251. The second kappa shape index (κ2) is 7.45. The van der Waals surface area contributed by atoms with Crippen LogP contribution < -0.4 is 5.56 Å². The van der Waals surface area contributed by atoms with Crippen molar-refractivity contribution in [1.29, 1.82) is 0 Å². The van der Waals surface area contributed by atoms with Crippen molar-refractivity contribution < 1.29 is 9.32 Å². The normalized spacial score (nSPS) is 15.2. The maximum atomic E-state index is 12.6. The zero-order valence-electron chi connectivity index (χ0n) is 14.9. The fraction of sp³-hybridized carbons (Fsp3) is 0.333. The fourth-order valence-electron chi connectivity index (χ4n) is 2.99. The van der Waals surface area contributed by atoms with Gasteiger partial charge in [0.25, 0.3) is 11.5 Å². The van der Waals surface area contributed by atoms with Gasteiger partial charge in [-0.3, -0.25) is 14.5 Å². The Morgan fingerprint density at radius 2 is 2.07 bits per heavy atom. The number of aromatic nitrogens is 3. The number of amides is 1. The minimum absolute atomic E-state index is 0.106. The van der Waals surface area contributed by atoms with Crippen molar-refractivity contribution in [3.05, 3.63) is 57.7 Å². The van der Waals surface area contributed by atoms with Crippen LogP contribution in [0.1, 0.15) is 16.2 Å². The molecule has 0 aromatic carbocycles. The van der Waals surface area contributed by atoms with Crippen LogP contribution in [0.3, 0.4) is 0 Å². The van der Waals surface area contributed by atoms with Crippen LogP contribution in [0, 0.1) is 0 Å². The number of carbonyl (C=O) groups is 1. The molecule has 1 aliphatic rings. The molecule has 0 N–H and O–H groups in total. The first-order valence-electron chi connectivity index (χ1n) is 8.65. The van der Waals surface area contributed by atoms with Gasteiger partial charge in [-0.25, -0.2) is 0 Å². The lowest BCUT2D eigenvalue weighted by molar-refractivity contribution is 0.0615. The number of nitrogens with zero attached hydrogens (tertiary/aromatic N) is 5. The molecule has 140 valence electrons. The van der Waals surface area contributed by atoms with E-state index in [1.807, 2.05) is 17.5 Å². The summed E-state index contributed by atoms with van der Waals surface area (Å²) in [4.78, 5) is 33.7. The molecule has 1 amide bonds. The summed E-state index contributed by atoms with van der Waals surface area (Å²) >= 11 is 1.57. The van der Waals surface area contributed by atoms with Gasteiger partial charge in [-0.2, -0.15) is 4.98 Å². The Morgan fingerprint density at radius 1 is 1.26 bits per heavy atom. The number of aryl methyl sites for hydroxylation is 1. The highest BCUT2D eigenvalue weighted by Gasteiger charge is 2.24. The number of hydrogen-bond donors (Lipinski definition) is 0. The second-order valence-corrected chi connectivity index (χ2v) is 7.37. The lowest BCUT2D eigenvalue weighted by Gasteiger charge is -2.34. The third-order valence-electron chi connectivity index (χ3n) is 4.58. The summed E-state index contributed by atoms with van der Waals surface area (Å²) in [5.74, 6) is 1.08. The largest absolute Gasteiger partial charge is 0.338 e. The molecule has 0 unspecified atom stereocenters. The van der Waals surface area contributed by atoms with E-state index in [1.54, 1.807) is 35.5 Å². The van der Waals surface area contributed by atoms with Crippen molar-refractivity contribution in [2.75, 3.05) is 26.2 Å². The summed E-state index contributed by atoms with van der Waals surface area (Å²) < 4.78 is 6.79. The molecule has 3 aromatic rings. The molecule has 4 heterocycles. The quantitative estimate of drug-likeness (QED) is 0.676. The molecular formula is C18H19N5O3S. The minimum atomic E-state index is -0.183. The van der Waals surface area contributed by atoms with Gasteiger partial charge >= 0.3 is 0 Å². The average Bonchev–Trinajstić information content (AvgIpc) is 3.36. The molecule has 0 atom stereocenters. The predicted molar refractivity (Wildman–Crippen MR) is 100 cm³/mol. The summed E-state index contributed by atoms with van der Waals surface area (Å²) in [5, 5.41) is 6.00. The molecule has 9 heteroatoms. The van der Waals surface area contributed by atoms with Crippen molar-refractivity contribution in [1.82, 2.24) is 24.5 Å². The number of thiophene rings is 1. The predicted octanol–water partition coefficient (Wildman–Crippen LogP) is 1.45. The van der Waals surface area contributed by atoms with Gasteiger partial charge < -0.3 is 14.0 Å². The monoisotopic (exact) mass is 385 g/mol. The topological polar surface area (TPSA) is 84.5 Å². The van der Waals surface area contributed by atoms with E-state index in [-0.39, 0.29) is 11.5 Å². The smallest absolute Gasteiger partial charge is 0.254 e. The van der Waals surface area contributed by atoms with Gasteiger partial charge in [0.05, 0.1) is 11.4 Å². The van der Waals surface area contributed by atoms with E-state index in [1.165, 1.54) is 10.6 Å². The summed E-state index contributed by atoms with van der Waals surface area (Å²) in [6.07, 6.45) is 1.62. The number of hydrogen-bond acceptors (Lipinski definition) is 7. The average molecular weight is 385 g/mol. The Hall–Kier alpha value is -2.78. The number of piperazine rings is 1. The van der Waals surface area contributed by atoms with Crippen LogP contribution in [0.2, 0.25) is 0 Å². The molecular weight excluding hydrogens is 366 g/mol. The molecule has 4 rings (SSSR count). The molecule has 0 aliphatic carbocycles. The lowest BCUT2D eigenvalue weighted by atomic mass is 10.2. The van der Waals surface area contributed by atoms with Crippen LogP contribution in [0.4, 0.5) is 0 Å². The van der Waals surface area contributed by atoms with Crippen LogP contribution in [0.5, 0.6) is 0 Å². The zero-order chi connectivity index (χ0) is 18.8. The highest BCUT2D eigenvalue weighted by Crippen LogP contribution is 2.21. The standard InChI is InChI=1S/C18H19N5O3S/c1-21-5-4-13(11-16(21)24)18(25)23-8-6-22(7-9-23)12-15-19-17(20-26-15)14-3-2-10-27-14/h2-5,10-11H,6-9,12H2,1H3. The van der Waals surface area contributed by atoms with Crippen molar-refractivity contribution in [3.63, 3.8) is 0 Å². The summed E-state index contributed by atoms with van der Waals surface area (Å²) in [6, 6.07) is 6.98. The molecule has 8 nitrogen and oxygen atoms in total. The van der Waals surface area contributed by atoms with E-state index in [9.17, 15) is 9.59 Å². The number of pyridine rings is 1. The second-order valence-electron chi connectivity index (χ2n) is 6.42. The van der Waals surface area contributed by atoms with E-state index in [0.29, 0.717) is 50.0 Å². The molecule has 27 heavy (non-hydrogen) atoms. The van der Waals surface area contributed by atoms with Crippen molar-refractivity contribution >= 4 is 17.2 Å². The van der Waals surface area contributed by atoms with Crippen molar-refractivity contribution in [2.24, 2.45) is 7.05 Å². The van der Waals surface area contributed by atoms with E-state index < -0.39 is 0 Å². The van der Waals surface area contributed by atoms with Crippen molar-refractivity contribution in [2.45, 2.75) is 6.54 Å². The van der Waals surface area contributed by atoms with Gasteiger partial charge in [-0.15, -0.1) is 11.3 Å². The van der Waals surface area contributed by atoms with Crippen LogP contribution in [-0.4, -0.2) is 56.6 Å². The Balaban J connectivity index is 1.34. The van der Waals surface area contributed by atoms with E-state index in [2.05, 4.69) is 15.0 Å². The minimum Gasteiger partial charge on any atom is -0.338 e. The molecule has 0 bridgehead atoms. The molecule has 0 spiro atoms. The highest BCUT2D eigenvalue weighted by atomic mass is 32.1. The number of carbonyl (C=O) groups excluding carboxylic acids is 1. The van der Waals surface area contributed by atoms with E-state index >= 15 is 0 Å².